The van der Waals surface area contributed by atoms with Crippen LogP contribution in [0.1, 0.15) is 37.3 Å². The van der Waals surface area contributed by atoms with Crippen LogP contribution in [0.25, 0.3) is 0 Å². The number of hydrogen-bond donors (Lipinski definition) is 0. The number of aliphatic imine (C=N–C) groups is 1. The minimum atomic E-state index is 0.0334. The molecule has 0 spiro atoms. The topological polar surface area (TPSA) is 12.4 Å². The Bertz CT molecular complexity index is 582. The number of benzene rings is 2. The molecule has 0 radical (unpaired) electrons. The maximum atomic E-state index is 4.97. The van der Waals surface area contributed by atoms with Gasteiger partial charge in [0.1, 0.15) is 0 Å². The average Bonchev–Trinajstić information content (AvgIpc) is 2.77. The molecule has 1 heteroatoms. The van der Waals surface area contributed by atoms with Crippen LogP contribution in [0, 0.1) is 0 Å². The maximum absolute atomic E-state index is 4.97. The molecule has 0 aromatic heterocycles. The molecule has 19 heavy (non-hydrogen) atoms. The van der Waals surface area contributed by atoms with Gasteiger partial charge in [0.05, 0.1) is 11.3 Å². The van der Waals surface area contributed by atoms with Crippen LogP contribution in [0.2, 0.25) is 0 Å². The van der Waals surface area contributed by atoms with E-state index in [1.54, 1.807) is 0 Å². The molecule has 1 nitrogen and oxygen atoms in total. The molecule has 1 aliphatic heterocycles. The summed E-state index contributed by atoms with van der Waals surface area (Å²) in [5, 5.41) is 0. The molecule has 2 aromatic carbocycles. The third-order valence-electron chi connectivity index (χ3n) is 3.73. The van der Waals surface area contributed by atoms with Crippen molar-refractivity contribution in [3.05, 3.63) is 71.8 Å². The Morgan fingerprint density at radius 1 is 0.895 bits per heavy atom. The van der Waals surface area contributed by atoms with E-state index < -0.39 is 0 Å². The summed E-state index contributed by atoms with van der Waals surface area (Å²) in [4.78, 5) is 4.97. The van der Waals surface area contributed by atoms with Crippen molar-refractivity contribution in [3.63, 3.8) is 0 Å². The molecule has 1 unspecified atom stereocenters. The first-order valence-corrected chi connectivity index (χ1v) is 6.86. The van der Waals surface area contributed by atoms with Gasteiger partial charge in [0.2, 0.25) is 0 Å². The fourth-order valence-electron chi connectivity index (χ4n) is 2.88. The Labute approximate surface area is 115 Å². The quantitative estimate of drug-likeness (QED) is 0.746. The van der Waals surface area contributed by atoms with Crippen LogP contribution in [0.15, 0.2) is 65.7 Å². The molecule has 1 heterocycles. The summed E-state index contributed by atoms with van der Waals surface area (Å²) in [5.41, 5.74) is 3.89. The van der Waals surface area contributed by atoms with E-state index in [0.29, 0.717) is 5.92 Å². The zero-order valence-electron chi connectivity index (χ0n) is 11.5. The third-order valence-corrected chi connectivity index (χ3v) is 3.73. The van der Waals surface area contributed by atoms with E-state index in [4.69, 9.17) is 4.99 Å². The molecule has 0 fully saturated rings. The summed E-state index contributed by atoms with van der Waals surface area (Å²) in [5.74, 6) is 0.415. The lowest BCUT2D eigenvalue weighted by molar-refractivity contribution is 0.502. The van der Waals surface area contributed by atoms with Crippen LogP contribution < -0.4 is 0 Å². The van der Waals surface area contributed by atoms with Gasteiger partial charge in [-0.3, -0.25) is 4.99 Å². The van der Waals surface area contributed by atoms with Crippen molar-refractivity contribution in [2.45, 2.75) is 31.7 Å². The van der Waals surface area contributed by atoms with Gasteiger partial charge in [0.25, 0.3) is 0 Å². The smallest absolute Gasteiger partial charge is 0.0565 e. The van der Waals surface area contributed by atoms with Crippen LogP contribution in [-0.2, 0) is 0 Å². The third kappa shape index (κ3) is 2.46. The summed E-state index contributed by atoms with van der Waals surface area (Å²) in [6.45, 7) is 4.44. The molecule has 1 aliphatic rings. The van der Waals surface area contributed by atoms with Crippen molar-refractivity contribution < 1.29 is 0 Å². The number of nitrogens with zero attached hydrogens (tertiary/aromatic N) is 1. The normalized spacial score (nSPS) is 21.2. The second kappa shape index (κ2) is 4.65. The highest BCUT2D eigenvalue weighted by Crippen LogP contribution is 2.38. The first-order valence-electron chi connectivity index (χ1n) is 6.86. The summed E-state index contributed by atoms with van der Waals surface area (Å²) >= 11 is 0. The molecule has 0 N–H and O–H groups in total. The second-order valence-electron chi connectivity index (χ2n) is 5.84. The van der Waals surface area contributed by atoms with Crippen molar-refractivity contribution >= 4 is 5.71 Å². The summed E-state index contributed by atoms with van der Waals surface area (Å²) in [7, 11) is 0. The first-order chi connectivity index (χ1) is 9.16. The van der Waals surface area contributed by atoms with Gasteiger partial charge in [-0.25, -0.2) is 0 Å². The minimum Gasteiger partial charge on any atom is -0.282 e. The van der Waals surface area contributed by atoms with Gasteiger partial charge in [-0.05, 0) is 31.4 Å². The van der Waals surface area contributed by atoms with Crippen molar-refractivity contribution in [2.24, 2.45) is 4.99 Å². The minimum absolute atomic E-state index is 0.0334. The largest absolute Gasteiger partial charge is 0.282 e. The van der Waals surface area contributed by atoms with Crippen LogP contribution in [0.4, 0.5) is 0 Å². The molecule has 3 rings (SSSR count). The standard InChI is InChI=1S/C18H19N/c1-18(2)13-16(14-9-5-3-6-10-14)17(19-18)15-11-7-4-8-12-15/h3-12,16H,13H2,1-2H3. The summed E-state index contributed by atoms with van der Waals surface area (Å²) in [6.07, 6.45) is 1.08. The SMILES string of the molecule is CC1(C)CC(c2ccccc2)C(c2ccccc2)=N1. The molecule has 2 aromatic rings. The Kier molecular flexibility index (Phi) is 2.98. The molecular weight excluding hydrogens is 230 g/mol. The van der Waals surface area contributed by atoms with Gasteiger partial charge >= 0.3 is 0 Å². The Morgan fingerprint density at radius 3 is 2.11 bits per heavy atom. The Morgan fingerprint density at radius 2 is 1.47 bits per heavy atom. The van der Waals surface area contributed by atoms with Crippen molar-refractivity contribution in [2.75, 3.05) is 0 Å². The molecule has 96 valence electrons. The second-order valence-corrected chi connectivity index (χ2v) is 5.84. The van der Waals surface area contributed by atoms with Gasteiger partial charge in [-0.2, -0.15) is 0 Å². The van der Waals surface area contributed by atoms with Crippen LogP contribution >= 0.6 is 0 Å². The fourth-order valence-corrected chi connectivity index (χ4v) is 2.88. The lowest BCUT2D eigenvalue weighted by Gasteiger charge is -2.16. The van der Waals surface area contributed by atoms with E-state index in [-0.39, 0.29) is 5.54 Å². The van der Waals surface area contributed by atoms with E-state index >= 15 is 0 Å². The highest BCUT2D eigenvalue weighted by Gasteiger charge is 2.34. The number of hydrogen-bond acceptors (Lipinski definition) is 1. The van der Waals surface area contributed by atoms with E-state index in [0.717, 1.165) is 6.42 Å². The van der Waals surface area contributed by atoms with E-state index in [2.05, 4.69) is 74.5 Å². The summed E-state index contributed by atoms with van der Waals surface area (Å²) in [6, 6.07) is 21.3. The number of rotatable bonds is 2. The van der Waals surface area contributed by atoms with E-state index in [1.165, 1.54) is 16.8 Å². The van der Waals surface area contributed by atoms with Crippen LogP contribution in [0.3, 0.4) is 0 Å². The van der Waals surface area contributed by atoms with Crippen molar-refractivity contribution in [1.29, 1.82) is 0 Å². The van der Waals surface area contributed by atoms with Gasteiger partial charge in [-0.15, -0.1) is 0 Å². The molecule has 0 saturated heterocycles. The monoisotopic (exact) mass is 249 g/mol. The van der Waals surface area contributed by atoms with Crippen LogP contribution in [-0.4, -0.2) is 11.3 Å². The molecular formula is C18H19N. The predicted molar refractivity (Wildman–Crippen MR) is 80.9 cm³/mol. The van der Waals surface area contributed by atoms with Gasteiger partial charge in [0, 0.05) is 5.92 Å². The van der Waals surface area contributed by atoms with Crippen molar-refractivity contribution in [1.82, 2.24) is 0 Å². The molecule has 0 bridgehead atoms. The Hall–Kier alpha value is -1.89. The maximum Gasteiger partial charge on any atom is 0.0565 e. The van der Waals surface area contributed by atoms with Crippen molar-refractivity contribution in [3.8, 4) is 0 Å². The van der Waals surface area contributed by atoms with E-state index in [9.17, 15) is 0 Å². The van der Waals surface area contributed by atoms with Gasteiger partial charge in [0.15, 0.2) is 0 Å². The fraction of sp³-hybridized carbons (Fsp3) is 0.278. The zero-order valence-corrected chi connectivity index (χ0v) is 11.5. The Balaban J connectivity index is 2.04. The van der Waals surface area contributed by atoms with Crippen LogP contribution in [0.5, 0.6) is 0 Å². The molecule has 0 saturated carbocycles. The van der Waals surface area contributed by atoms with Gasteiger partial charge < -0.3 is 0 Å². The highest BCUT2D eigenvalue weighted by atomic mass is 14.9. The predicted octanol–water partition coefficient (Wildman–Crippen LogP) is 4.44. The first kappa shape index (κ1) is 12.2. The average molecular weight is 249 g/mol. The molecule has 1 atom stereocenters. The lowest BCUT2D eigenvalue weighted by Crippen LogP contribution is -2.14. The molecule has 0 aliphatic carbocycles. The highest BCUT2D eigenvalue weighted by molar-refractivity contribution is 6.06. The zero-order chi connectivity index (χ0) is 13.3. The van der Waals surface area contributed by atoms with E-state index in [1.807, 2.05) is 0 Å². The summed E-state index contributed by atoms with van der Waals surface area (Å²) < 4.78 is 0. The molecule has 0 amide bonds. The lowest BCUT2D eigenvalue weighted by atomic mass is 9.85. The van der Waals surface area contributed by atoms with Gasteiger partial charge in [-0.1, -0.05) is 60.7 Å².